The second-order valence-electron chi connectivity index (χ2n) is 7.06. The quantitative estimate of drug-likeness (QED) is 0.872. The fourth-order valence-electron chi connectivity index (χ4n) is 4.36. The van der Waals surface area contributed by atoms with E-state index < -0.39 is 0 Å². The minimum atomic E-state index is -0.187. The van der Waals surface area contributed by atoms with E-state index in [1.54, 1.807) is 18.2 Å². The maximum Gasteiger partial charge on any atom is 0.123 e. The number of hydrogen-bond donors (Lipinski definition) is 1. The van der Waals surface area contributed by atoms with Crippen molar-refractivity contribution in [1.82, 2.24) is 4.90 Å². The monoisotopic (exact) mass is 326 g/mol. The van der Waals surface area contributed by atoms with Gasteiger partial charge in [-0.25, -0.2) is 4.39 Å². The molecule has 1 aliphatic heterocycles. The summed E-state index contributed by atoms with van der Waals surface area (Å²) in [5.41, 5.74) is 4.40. The molecule has 0 spiro atoms. The van der Waals surface area contributed by atoms with Crippen LogP contribution in [0.2, 0.25) is 0 Å². The number of likely N-dealkylation sites (N-methyl/N-ethyl adjacent to an activating group) is 1. The lowest BCUT2D eigenvalue weighted by molar-refractivity contribution is 0.163. The summed E-state index contributed by atoms with van der Waals surface area (Å²) >= 11 is 0. The smallest absolute Gasteiger partial charge is 0.123 e. The Morgan fingerprint density at radius 2 is 1.92 bits per heavy atom. The summed E-state index contributed by atoms with van der Waals surface area (Å²) in [6, 6.07) is 11.6. The fourth-order valence-corrected chi connectivity index (χ4v) is 4.36. The van der Waals surface area contributed by atoms with Crippen molar-refractivity contribution in [3.63, 3.8) is 0 Å². The zero-order valence-corrected chi connectivity index (χ0v) is 14.2. The molecule has 1 N–H and O–H groups in total. The predicted octanol–water partition coefficient (Wildman–Crippen LogP) is 3.13. The lowest BCUT2D eigenvalue weighted by Gasteiger charge is -2.50. The first-order chi connectivity index (χ1) is 11.5. The van der Waals surface area contributed by atoms with Crippen LogP contribution in [0.1, 0.15) is 16.7 Å². The lowest BCUT2D eigenvalue weighted by Crippen LogP contribution is -2.61. The highest BCUT2D eigenvalue weighted by atomic mass is 19.1. The van der Waals surface area contributed by atoms with Crippen LogP contribution in [0, 0.1) is 12.7 Å². The van der Waals surface area contributed by atoms with Gasteiger partial charge in [-0.1, -0.05) is 12.1 Å². The van der Waals surface area contributed by atoms with Crippen molar-refractivity contribution in [2.24, 2.45) is 0 Å². The molecule has 1 aliphatic carbocycles. The Labute approximate surface area is 142 Å². The summed E-state index contributed by atoms with van der Waals surface area (Å²) in [5, 5.41) is 10.3. The summed E-state index contributed by atoms with van der Waals surface area (Å²) in [6.07, 6.45) is 1.77. The first kappa shape index (κ1) is 15.5. The van der Waals surface area contributed by atoms with Gasteiger partial charge >= 0.3 is 0 Å². The molecule has 1 fully saturated rings. The van der Waals surface area contributed by atoms with Crippen molar-refractivity contribution in [3.8, 4) is 5.75 Å². The summed E-state index contributed by atoms with van der Waals surface area (Å²) in [4.78, 5) is 4.84. The number of hydrogen-bond acceptors (Lipinski definition) is 3. The Balaban J connectivity index is 1.74. The fraction of sp³-hybridized carbons (Fsp3) is 0.400. The van der Waals surface area contributed by atoms with Crippen LogP contribution in [-0.2, 0) is 12.8 Å². The van der Waals surface area contributed by atoms with Gasteiger partial charge in [-0.15, -0.1) is 0 Å². The topological polar surface area (TPSA) is 26.7 Å². The standard InChI is InChI=1S/C20H23FN2O/c1-13-10-15(21)6-7-17(13)23-9-8-22(2)18-11-14-4-3-5-20(24)16(14)12-19(18)23/h3-7,10,18-19,24H,8-9,11-12H2,1-2H3. The number of fused-ring (bicyclic) bond motifs is 2. The van der Waals surface area contributed by atoms with E-state index in [1.165, 1.54) is 5.56 Å². The summed E-state index contributed by atoms with van der Waals surface area (Å²) in [7, 11) is 2.18. The molecule has 2 atom stereocenters. The predicted molar refractivity (Wildman–Crippen MR) is 94.2 cm³/mol. The van der Waals surface area contributed by atoms with E-state index in [4.69, 9.17) is 0 Å². The molecule has 2 aromatic carbocycles. The van der Waals surface area contributed by atoms with Gasteiger partial charge in [-0.2, -0.15) is 0 Å². The molecule has 0 radical (unpaired) electrons. The molecular weight excluding hydrogens is 303 g/mol. The normalized spacial score (nSPS) is 23.7. The molecule has 3 nitrogen and oxygen atoms in total. The Morgan fingerprint density at radius 3 is 2.71 bits per heavy atom. The summed E-state index contributed by atoms with van der Waals surface area (Å²) in [5.74, 6) is 0.212. The van der Waals surface area contributed by atoms with Crippen molar-refractivity contribution in [3.05, 3.63) is 58.9 Å². The van der Waals surface area contributed by atoms with Crippen molar-refractivity contribution in [1.29, 1.82) is 0 Å². The van der Waals surface area contributed by atoms with Gasteiger partial charge in [0.15, 0.2) is 0 Å². The number of aryl methyl sites for hydroxylation is 1. The van der Waals surface area contributed by atoms with Gasteiger partial charge in [0.1, 0.15) is 11.6 Å². The molecule has 0 amide bonds. The Morgan fingerprint density at radius 1 is 1.08 bits per heavy atom. The van der Waals surface area contributed by atoms with Crippen LogP contribution in [0.4, 0.5) is 10.1 Å². The van der Waals surface area contributed by atoms with Crippen molar-refractivity contribution < 1.29 is 9.50 Å². The Hall–Kier alpha value is -2.07. The molecule has 0 bridgehead atoms. The zero-order chi connectivity index (χ0) is 16.8. The first-order valence-electron chi connectivity index (χ1n) is 8.57. The number of benzene rings is 2. The molecule has 1 saturated heterocycles. The average molecular weight is 326 g/mol. The van der Waals surface area contributed by atoms with Crippen LogP contribution in [0.15, 0.2) is 36.4 Å². The third-order valence-corrected chi connectivity index (χ3v) is 5.66. The molecule has 0 aromatic heterocycles. The molecule has 2 unspecified atom stereocenters. The average Bonchev–Trinajstić information content (AvgIpc) is 2.56. The molecule has 4 heteroatoms. The lowest BCUT2D eigenvalue weighted by atomic mass is 9.81. The van der Waals surface area contributed by atoms with Gasteiger partial charge in [0.25, 0.3) is 0 Å². The molecule has 2 aliphatic rings. The first-order valence-corrected chi connectivity index (χ1v) is 8.57. The van der Waals surface area contributed by atoms with Crippen molar-refractivity contribution >= 4 is 5.69 Å². The van der Waals surface area contributed by atoms with E-state index in [-0.39, 0.29) is 5.82 Å². The number of anilines is 1. The second-order valence-corrected chi connectivity index (χ2v) is 7.06. The van der Waals surface area contributed by atoms with Crippen LogP contribution >= 0.6 is 0 Å². The third-order valence-electron chi connectivity index (χ3n) is 5.66. The van der Waals surface area contributed by atoms with Gasteiger partial charge in [-0.05, 0) is 67.8 Å². The number of rotatable bonds is 1. The number of halogens is 1. The number of phenols is 1. The summed E-state index contributed by atoms with van der Waals surface area (Å²) in [6.45, 7) is 3.89. The van der Waals surface area contributed by atoms with Crippen LogP contribution in [0.25, 0.3) is 0 Å². The van der Waals surface area contributed by atoms with Crippen molar-refractivity contribution in [2.75, 3.05) is 25.0 Å². The molecule has 2 aromatic rings. The van der Waals surface area contributed by atoms with E-state index >= 15 is 0 Å². The van der Waals surface area contributed by atoms with Gasteiger partial charge in [0, 0.05) is 30.9 Å². The number of nitrogens with zero attached hydrogens (tertiary/aromatic N) is 2. The summed E-state index contributed by atoms with van der Waals surface area (Å²) < 4.78 is 13.5. The maximum atomic E-state index is 13.5. The van der Waals surface area contributed by atoms with Crippen LogP contribution < -0.4 is 4.90 Å². The highest BCUT2D eigenvalue weighted by Gasteiger charge is 2.39. The molecule has 126 valence electrons. The third kappa shape index (κ3) is 2.46. The van der Waals surface area contributed by atoms with Gasteiger partial charge in [0.05, 0.1) is 0 Å². The highest BCUT2D eigenvalue weighted by molar-refractivity contribution is 5.56. The Kier molecular flexibility index (Phi) is 3.72. The van der Waals surface area contributed by atoms with Gasteiger partial charge in [0.2, 0.25) is 0 Å². The molecule has 1 heterocycles. The minimum Gasteiger partial charge on any atom is -0.508 e. The largest absolute Gasteiger partial charge is 0.508 e. The van der Waals surface area contributed by atoms with E-state index in [2.05, 4.69) is 22.9 Å². The Bertz CT molecular complexity index is 776. The highest BCUT2D eigenvalue weighted by Crippen LogP contribution is 2.37. The van der Waals surface area contributed by atoms with Crippen LogP contribution in [0.5, 0.6) is 5.75 Å². The van der Waals surface area contributed by atoms with Crippen LogP contribution in [-0.4, -0.2) is 42.2 Å². The molecule has 4 rings (SSSR count). The van der Waals surface area contributed by atoms with Crippen molar-refractivity contribution in [2.45, 2.75) is 31.8 Å². The number of piperazine rings is 1. The number of phenolic OH excluding ortho intramolecular Hbond substituents is 1. The molecular formula is C20H23FN2O. The van der Waals surface area contributed by atoms with E-state index in [0.29, 0.717) is 17.8 Å². The maximum absolute atomic E-state index is 13.5. The molecule has 0 saturated carbocycles. The molecule has 24 heavy (non-hydrogen) atoms. The van der Waals surface area contributed by atoms with Gasteiger partial charge in [-0.3, -0.25) is 4.90 Å². The van der Waals surface area contributed by atoms with E-state index in [0.717, 1.165) is 42.7 Å². The number of aromatic hydroxyl groups is 1. The zero-order valence-electron chi connectivity index (χ0n) is 14.2. The van der Waals surface area contributed by atoms with E-state index in [9.17, 15) is 9.50 Å². The van der Waals surface area contributed by atoms with Crippen LogP contribution in [0.3, 0.4) is 0 Å². The van der Waals surface area contributed by atoms with Gasteiger partial charge < -0.3 is 10.0 Å². The SMILES string of the molecule is Cc1cc(F)ccc1N1CCN(C)C2Cc3cccc(O)c3CC21. The minimum absolute atomic E-state index is 0.187. The van der Waals surface area contributed by atoms with E-state index in [1.807, 2.05) is 19.1 Å². The second kappa shape index (κ2) is 5.78.